The van der Waals surface area contributed by atoms with Crippen LogP contribution in [0.25, 0.3) is 0 Å². The third-order valence-corrected chi connectivity index (χ3v) is 5.71. The second-order valence-electron chi connectivity index (χ2n) is 6.02. The number of amides is 1. The molecule has 0 aliphatic carbocycles. The Morgan fingerprint density at radius 2 is 2.08 bits per heavy atom. The number of halogens is 1. The van der Waals surface area contributed by atoms with Crippen molar-refractivity contribution < 1.29 is 17.6 Å². The Kier molecular flexibility index (Phi) is 4.40. The maximum absolute atomic E-state index is 12.9. The van der Waals surface area contributed by atoms with E-state index in [2.05, 4.69) is 10.4 Å². The Hall–Kier alpha value is -2.22. The number of sulfone groups is 1. The number of carbonyl (C=O) groups excluding carboxylic acids is 1. The molecular formula is C16H18FN3O3S. The van der Waals surface area contributed by atoms with Gasteiger partial charge in [0.1, 0.15) is 11.6 Å². The predicted octanol–water partition coefficient (Wildman–Crippen LogP) is 1.87. The molecule has 1 aliphatic heterocycles. The molecule has 0 radical (unpaired) electrons. The normalized spacial score (nSPS) is 19.3. The number of carbonyl (C=O) groups is 1. The zero-order valence-electron chi connectivity index (χ0n) is 13.2. The van der Waals surface area contributed by atoms with Crippen molar-refractivity contribution in [1.82, 2.24) is 9.78 Å². The van der Waals surface area contributed by atoms with Crippen molar-refractivity contribution in [3.05, 3.63) is 47.4 Å². The molecule has 1 amide bonds. The van der Waals surface area contributed by atoms with Gasteiger partial charge in [-0.25, -0.2) is 17.5 Å². The van der Waals surface area contributed by atoms with Gasteiger partial charge in [-0.15, -0.1) is 0 Å². The van der Waals surface area contributed by atoms with Crippen molar-refractivity contribution in [3.63, 3.8) is 0 Å². The van der Waals surface area contributed by atoms with Crippen LogP contribution in [0.2, 0.25) is 0 Å². The van der Waals surface area contributed by atoms with Gasteiger partial charge in [0.2, 0.25) is 5.91 Å². The van der Waals surface area contributed by atoms with Crippen LogP contribution in [0.5, 0.6) is 0 Å². The average molecular weight is 351 g/mol. The van der Waals surface area contributed by atoms with E-state index >= 15 is 0 Å². The molecule has 1 aliphatic rings. The summed E-state index contributed by atoms with van der Waals surface area (Å²) in [5.41, 5.74) is 1.40. The second kappa shape index (κ2) is 6.35. The molecule has 128 valence electrons. The second-order valence-corrected chi connectivity index (χ2v) is 8.25. The summed E-state index contributed by atoms with van der Waals surface area (Å²) in [5, 5.41) is 7.09. The quantitative estimate of drug-likeness (QED) is 0.912. The minimum atomic E-state index is -3.04. The minimum absolute atomic E-state index is 0.0367. The van der Waals surface area contributed by atoms with Gasteiger partial charge in [-0.2, -0.15) is 5.10 Å². The first-order chi connectivity index (χ1) is 11.3. The maximum Gasteiger partial charge on any atom is 0.229 e. The number of hydrogen-bond acceptors (Lipinski definition) is 4. The molecule has 2 heterocycles. The summed E-state index contributed by atoms with van der Waals surface area (Å²) in [6.07, 6.45) is 0.595. The summed E-state index contributed by atoms with van der Waals surface area (Å²) in [6.45, 7) is 1.79. The molecule has 1 unspecified atom stereocenters. The number of rotatable bonds is 4. The molecule has 24 heavy (non-hydrogen) atoms. The lowest BCUT2D eigenvalue weighted by atomic mass is 10.1. The van der Waals surface area contributed by atoms with Crippen molar-refractivity contribution in [3.8, 4) is 0 Å². The van der Waals surface area contributed by atoms with Crippen molar-refractivity contribution in [2.24, 2.45) is 0 Å². The molecule has 1 aromatic heterocycles. The molecule has 0 bridgehead atoms. The molecule has 6 nitrogen and oxygen atoms in total. The van der Waals surface area contributed by atoms with Crippen molar-refractivity contribution in [2.75, 3.05) is 16.8 Å². The third kappa shape index (κ3) is 3.81. The van der Waals surface area contributed by atoms with E-state index in [1.54, 1.807) is 29.8 Å². The Labute approximate surface area is 139 Å². The van der Waals surface area contributed by atoms with Crippen LogP contribution in [0.15, 0.2) is 30.3 Å². The lowest BCUT2D eigenvalue weighted by Crippen LogP contribution is -2.20. The van der Waals surface area contributed by atoms with E-state index in [0.29, 0.717) is 23.5 Å². The molecule has 1 aromatic carbocycles. The van der Waals surface area contributed by atoms with Gasteiger partial charge in [0.05, 0.1) is 29.7 Å². The highest BCUT2D eigenvalue weighted by Crippen LogP contribution is 2.27. The Morgan fingerprint density at radius 1 is 1.38 bits per heavy atom. The van der Waals surface area contributed by atoms with Crippen LogP contribution in [0.3, 0.4) is 0 Å². The van der Waals surface area contributed by atoms with Gasteiger partial charge >= 0.3 is 0 Å². The number of aromatic nitrogens is 2. The fraction of sp³-hybridized carbons (Fsp3) is 0.375. The first kappa shape index (κ1) is 16.6. The fourth-order valence-electron chi connectivity index (χ4n) is 2.83. The van der Waals surface area contributed by atoms with E-state index in [-0.39, 0.29) is 35.7 Å². The van der Waals surface area contributed by atoms with E-state index in [0.717, 1.165) is 0 Å². The largest absolute Gasteiger partial charge is 0.311 e. The number of nitrogens with one attached hydrogen (secondary N) is 1. The van der Waals surface area contributed by atoms with Crippen LogP contribution in [0.1, 0.15) is 23.7 Å². The van der Waals surface area contributed by atoms with Crippen molar-refractivity contribution >= 4 is 21.6 Å². The summed E-state index contributed by atoms with van der Waals surface area (Å²) in [4.78, 5) is 12.2. The van der Waals surface area contributed by atoms with Crippen molar-refractivity contribution in [2.45, 2.75) is 25.8 Å². The van der Waals surface area contributed by atoms with E-state index in [4.69, 9.17) is 0 Å². The topological polar surface area (TPSA) is 81.1 Å². The van der Waals surface area contributed by atoms with E-state index < -0.39 is 9.84 Å². The summed E-state index contributed by atoms with van der Waals surface area (Å²) >= 11 is 0. The SMILES string of the molecule is Cc1cc(NC(=O)Cc2ccc(F)cc2)n(C2CCS(=O)(=O)C2)n1. The minimum Gasteiger partial charge on any atom is -0.311 e. The van der Waals surface area contributed by atoms with Crippen LogP contribution in [0.4, 0.5) is 10.2 Å². The maximum atomic E-state index is 12.9. The molecule has 0 saturated carbocycles. The van der Waals surface area contributed by atoms with Gasteiger partial charge in [0.25, 0.3) is 0 Å². The van der Waals surface area contributed by atoms with E-state index in [9.17, 15) is 17.6 Å². The lowest BCUT2D eigenvalue weighted by molar-refractivity contribution is -0.115. The number of anilines is 1. The molecule has 3 rings (SSSR count). The highest BCUT2D eigenvalue weighted by molar-refractivity contribution is 7.91. The van der Waals surface area contributed by atoms with Crippen LogP contribution < -0.4 is 5.32 Å². The van der Waals surface area contributed by atoms with Gasteiger partial charge in [0.15, 0.2) is 9.84 Å². The molecule has 2 aromatic rings. The lowest BCUT2D eigenvalue weighted by Gasteiger charge is -2.13. The summed E-state index contributed by atoms with van der Waals surface area (Å²) in [6, 6.07) is 7.18. The monoisotopic (exact) mass is 351 g/mol. The van der Waals surface area contributed by atoms with Crippen LogP contribution in [-0.2, 0) is 21.1 Å². The van der Waals surface area contributed by atoms with Crippen LogP contribution in [-0.4, -0.2) is 35.6 Å². The number of aryl methyl sites for hydroxylation is 1. The first-order valence-electron chi connectivity index (χ1n) is 7.63. The Balaban J connectivity index is 1.73. The van der Waals surface area contributed by atoms with E-state index in [1.165, 1.54) is 12.1 Å². The summed E-state index contributed by atoms with van der Waals surface area (Å²) < 4.78 is 37.8. The zero-order chi connectivity index (χ0) is 17.3. The van der Waals surface area contributed by atoms with Gasteiger partial charge in [-0.05, 0) is 31.0 Å². The molecule has 1 saturated heterocycles. The Bertz CT molecular complexity index is 859. The highest BCUT2D eigenvalue weighted by atomic mass is 32.2. The van der Waals surface area contributed by atoms with Gasteiger partial charge in [-0.3, -0.25) is 4.79 Å². The average Bonchev–Trinajstić information content (AvgIpc) is 3.03. The first-order valence-corrected chi connectivity index (χ1v) is 9.45. The highest BCUT2D eigenvalue weighted by Gasteiger charge is 2.31. The number of nitrogens with zero attached hydrogens (tertiary/aromatic N) is 2. The standard InChI is InChI=1S/C16H18FN3O3S/c1-11-8-15(20(19-11)14-6-7-24(22,23)10-14)18-16(21)9-12-2-4-13(17)5-3-12/h2-5,8,14H,6-7,9-10H2,1H3,(H,18,21). The molecule has 0 spiro atoms. The zero-order valence-corrected chi connectivity index (χ0v) is 14.0. The molecule has 1 N–H and O–H groups in total. The smallest absolute Gasteiger partial charge is 0.229 e. The summed E-state index contributed by atoms with van der Waals surface area (Å²) in [5.74, 6) is 0.0507. The van der Waals surface area contributed by atoms with Gasteiger partial charge in [-0.1, -0.05) is 12.1 Å². The van der Waals surface area contributed by atoms with E-state index in [1.807, 2.05) is 0 Å². The molecule has 1 fully saturated rings. The number of hydrogen-bond donors (Lipinski definition) is 1. The fourth-order valence-corrected chi connectivity index (χ4v) is 4.52. The molecule has 1 atom stereocenters. The van der Waals surface area contributed by atoms with Gasteiger partial charge in [0, 0.05) is 6.07 Å². The Morgan fingerprint density at radius 3 is 2.71 bits per heavy atom. The van der Waals surface area contributed by atoms with Crippen LogP contribution >= 0.6 is 0 Å². The van der Waals surface area contributed by atoms with Crippen LogP contribution in [0, 0.1) is 12.7 Å². The van der Waals surface area contributed by atoms with Gasteiger partial charge < -0.3 is 5.32 Å². The molecular weight excluding hydrogens is 333 g/mol. The predicted molar refractivity (Wildman–Crippen MR) is 88.0 cm³/mol. The van der Waals surface area contributed by atoms with Crippen molar-refractivity contribution in [1.29, 1.82) is 0 Å². The third-order valence-electron chi connectivity index (χ3n) is 3.96. The molecule has 8 heteroatoms. The number of benzene rings is 1. The summed E-state index contributed by atoms with van der Waals surface area (Å²) in [7, 11) is -3.04.